The number of aromatic nitrogens is 3. The van der Waals surface area contributed by atoms with Crippen LogP contribution < -0.4 is 0 Å². The molecule has 0 atom stereocenters. The lowest BCUT2D eigenvalue weighted by Crippen LogP contribution is -2.05. The van der Waals surface area contributed by atoms with Crippen LogP contribution in [-0.2, 0) is 0 Å². The highest BCUT2D eigenvalue weighted by Gasteiger charge is 2.10. The van der Waals surface area contributed by atoms with Crippen LogP contribution in [0.4, 0.5) is 0 Å². The van der Waals surface area contributed by atoms with Crippen LogP contribution in [0.3, 0.4) is 0 Å². The number of aryl methyl sites for hydroxylation is 1. The summed E-state index contributed by atoms with van der Waals surface area (Å²) in [6.45, 7) is 7.39. The van der Waals surface area contributed by atoms with Gasteiger partial charge in [-0.05, 0) is 25.1 Å². The van der Waals surface area contributed by atoms with E-state index in [1.807, 2.05) is 32.9 Å². The van der Waals surface area contributed by atoms with Crippen molar-refractivity contribution in [2.24, 2.45) is 0 Å². The molecule has 17 heavy (non-hydrogen) atoms. The van der Waals surface area contributed by atoms with Crippen LogP contribution >= 0.6 is 0 Å². The highest BCUT2D eigenvalue weighted by molar-refractivity contribution is 5.93. The van der Waals surface area contributed by atoms with Gasteiger partial charge in [0.1, 0.15) is 5.69 Å². The van der Waals surface area contributed by atoms with E-state index >= 15 is 0 Å². The minimum atomic E-state index is -0.000506. The molecule has 0 saturated carbocycles. The Morgan fingerprint density at radius 1 is 1.35 bits per heavy atom. The van der Waals surface area contributed by atoms with Crippen LogP contribution in [0.15, 0.2) is 30.6 Å². The zero-order valence-corrected chi connectivity index (χ0v) is 10.6. The highest BCUT2D eigenvalue weighted by Crippen LogP contribution is 2.11. The van der Waals surface area contributed by atoms with Crippen LogP contribution in [0, 0.1) is 6.92 Å². The molecule has 2 aromatic heterocycles. The second kappa shape index (κ2) is 5.94. The van der Waals surface area contributed by atoms with E-state index in [1.54, 1.807) is 23.1 Å². The molecular weight excluding hydrogens is 214 g/mol. The normalized spacial score (nSPS) is 9.41. The summed E-state index contributed by atoms with van der Waals surface area (Å²) in [6.07, 6.45) is 3.37. The lowest BCUT2D eigenvalue weighted by atomic mass is 10.3. The summed E-state index contributed by atoms with van der Waals surface area (Å²) in [5, 5.41) is 4.26. The lowest BCUT2D eigenvalue weighted by Gasteiger charge is -2.03. The predicted octanol–water partition coefficient (Wildman–Crippen LogP) is 2.80. The molecule has 0 aliphatic rings. The number of hydrogen-bond donors (Lipinski definition) is 0. The Balaban J connectivity index is 0.000000686. The molecule has 4 heteroatoms. The summed E-state index contributed by atoms with van der Waals surface area (Å²) < 4.78 is 1.62. The third-order valence-electron chi connectivity index (χ3n) is 2.08. The van der Waals surface area contributed by atoms with Gasteiger partial charge in [0.05, 0.1) is 17.6 Å². The fourth-order valence-electron chi connectivity index (χ4n) is 1.43. The molecule has 0 fully saturated rings. The standard InChI is InChI=1S/C11H11N3O.C2H6/c1-8-6-11(9(2)15)14(13-8)10-4-3-5-12-7-10;1-2/h3-7H,1-2H3;1-2H3. The highest BCUT2D eigenvalue weighted by atomic mass is 16.1. The number of carbonyl (C=O) groups is 1. The van der Waals surface area contributed by atoms with Gasteiger partial charge in [-0.1, -0.05) is 13.8 Å². The summed E-state index contributed by atoms with van der Waals surface area (Å²) in [7, 11) is 0. The van der Waals surface area contributed by atoms with E-state index in [0.717, 1.165) is 11.4 Å². The average molecular weight is 231 g/mol. The van der Waals surface area contributed by atoms with E-state index in [0.29, 0.717) is 5.69 Å². The summed E-state index contributed by atoms with van der Waals surface area (Å²) in [6, 6.07) is 5.46. The van der Waals surface area contributed by atoms with Crippen LogP contribution in [0.1, 0.15) is 37.0 Å². The van der Waals surface area contributed by atoms with E-state index in [2.05, 4.69) is 10.1 Å². The maximum Gasteiger partial charge on any atom is 0.178 e. The number of rotatable bonds is 2. The summed E-state index contributed by atoms with van der Waals surface area (Å²) in [5.74, 6) is -0.000506. The molecule has 0 aromatic carbocycles. The number of carbonyl (C=O) groups excluding carboxylic acids is 1. The molecule has 0 saturated heterocycles. The maximum absolute atomic E-state index is 11.4. The zero-order valence-electron chi connectivity index (χ0n) is 10.6. The molecule has 4 nitrogen and oxygen atoms in total. The van der Waals surface area contributed by atoms with Crippen molar-refractivity contribution in [3.63, 3.8) is 0 Å². The van der Waals surface area contributed by atoms with E-state index < -0.39 is 0 Å². The molecule has 90 valence electrons. The van der Waals surface area contributed by atoms with Crippen molar-refractivity contribution in [3.05, 3.63) is 42.0 Å². The van der Waals surface area contributed by atoms with Crippen molar-refractivity contribution < 1.29 is 4.79 Å². The largest absolute Gasteiger partial charge is 0.293 e. The molecule has 0 bridgehead atoms. The van der Waals surface area contributed by atoms with Crippen molar-refractivity contribution in [3.8, 4) is 5.69 Å². The molecule has 0 amide bonds. The third kappa shape index (κ3) is 3.00. The Morgan fingerprint density at radius 3 is 2.59 bits per heavy atom. The van der Waals surface area contributed by atoms with Crippen LogP contribution in [-0.4, -0.2) is 20.5 Å². The van der Waals surface area contributed by atoms with Crippen molar-refractivity contribution in [2.45, 2.75) is 27.7 Å². The van der Waals surface area contributed by atoms with Crippen molar-refractivity contribution in [2.75, 3.05) is 0 Å². The van der Waals surface area contributed by atoms with Crippen molar-refractivity contribution in [1.82, 2.24) is 14.8 Å². The van der Waals surface area contributed by atoms with Crippen LogP contribution in [0.2, 0.25) is 0 Å². The Bertz CT molecular complexity index is 489. The Morgan fingerprint density at radius 2 is 2.06 bits per heavy atom. The van der Waals surface area contributed by atoms with E-state index in [1.165, 1.54) is 6.92 Å². The zero-order chi connectivity index (χ0) is 12.8. The number of ketones is 1. The summed E-state index contributed by atoms with van der Waals surface area (Å²) >= 11 is 0. The second-order valence-corrected chi connectivity index (χ2v) is 3.35. The first-order valence-corrected chi connectivity index (χ1v) is 5.66. The first-order valence-electron chi connectivity index (χ1n) is 5.66. The molecule has 2 rings (SSSR count). The minimum absolute atomic E-state index is 0.000506. The first kappa shape index (κ1) is 13.1. The Kier molecular flexibility index (Phi) is 4.57. The molecule has 0 radical (unpaired) electrons. The SMILES string of the molecule is CC.CC(=O)c1cc(C)nn1-c1cccnc1. The smallest absolute Gasteiger partial charge is 0.178 e. The Labute approximate surface area is 101 Å². The van der Waals surface area contributed by atoms with Gasteiger partial charge in [0.25, 0.3) is 0 Å². The predicted molar refractivity (Wildman–Crippen MR) is 67.4 cm³/mol. The van der Waals surface area contributed by atoms with Gasteiger partial charge >= 0.3 is 0 Å². The number of hydrogen-bond acceptors (Lipinski definition) is 3. The van der Waals surface area contributed by atoms with Gasteiger partial charge in [-0.3, -0.25) is 9.78 Å². The van der Waals surface area contributed by atoms with Gasteiger partial charge in [-0.25, -0.2) is 4.68 Å². The molecule has 2 heterocycles. The fraction of sp³-hybridized carbons (Fsp3) is 0.308. The molecular formula is C13H17N3O. The fourth-order valence-corrected chi connectivity index (χ4v) is 1.43. The van der Waals surface area contributed by atoms with Crippen LogP contribution in [0.25, 0.3) is 5.69 Å². The van der Waals surface area contributed by atoms with Gasteiger partial charge < -0.3 is 0 Å². The van der Waals surface area contributed by atoms with Gasteiger partial charge in [0, 0.05) is 13.1 Å². The summed E-state index contributed by atoms with van der Waals surface area (Å²) in [5.41, 5.74) is 2.21. The maximum atomic E-state index is 11.4. The average Bonchev–Trinajstić information content (AvgIpc) is 2.75. The van der Waals surface area contributed by atoms with Gasteiger partial charge in [-0.2, -0.15) is 5.10 Å². The van der Waals surface area contributed by atoms with E-state index in [4.69, 9.17) is 0 Å². The number of pyridine rings is 1. The van der Waals surface area contributed by atoms with Gasteiger partial charge in [-0.15, -0.1) is 0 Å². The van der Waals surface area contributed by atoms with Crippen molar-refractivity contribution in [1.29, 1.82) is 0 Å². The van der Waals surface area contributed by atoms with Gasteiger partial charge in [0.2, 0.25) is 0 Å². The quantitative estimate of drug-likeness (QED) is 0.747. The molecule has 0 spiro atoms. The van der Waals surface area contributed by atoms with Gasteiger partial charge in [0.15, 0.2) is 5.78 Å². The minimum Gasteiger partial charge on any atom is -0.293 e. The monoisotopic (exact) mass is 231 g/mol. The first-order chi connectivity index (χ1) is 8.18. The Hall–Kier alpha value is -1.97. The number of nitrogens with zero attached hydrogens (tertiary/aromatic N) is 3. The molecule has 0 unspecified atom stereocenters. The van der Waals surface area contributed by atoms with Crippen LogP contribution in [0.5, 0.6) is 0 Å². The third-order valence-corrected chi connectivity index (χ3v) is 2.08. The lowest BCUT2D eigenvalue weighted by molar-refractivity contribution is 0.101. The molecule has 0 aliphatic carbocycles. The number of Topliss-reactive ketones (excluding diaryl/α,β-unsaturated/α-hetero) is 1. The van der Waals surface area contributed by atoms with E-state index in [9.17, 15) is 4.79 Å². The topological polar surface area (TPSA) is 47.8 Å². The van der Waals surface area contributed by atoms with E-state index in [-0.39, 0.29) is 5.78 Å². The van der Waals surface area contributed by atoms with Crippen molar-refractivity contribution >= 4 is 5.78 Å². The molecule has 0 aliphatic heterocycles. The summed E-state index contributed by atoms with van der Waals surface area (Å²) in [4.78, 5) is 15.4. The second-order valence-electron chi connectivity index (χ2n) is 3.35. The molecule has 0 N–H and O–H groups in total. The molecule has 2 aromatic rings.